The van der Waals surface area contributed by atoms with Crippen molar-refractivity contribution in [2.45, 2.75) is 44.2 Å². The molecule has 2 aliphatic rings. The van der Waals surface area contributed by atoms with Crippen molar-refractivity contribution in [3.8, 4) is 11.4 Å². The molecule has 0 spiro atoms. The first-order valence-electron chi connectivity index (χ1n) is 10.9. The van der Waals surface area contributed by atoms with Gasteiger partial charge in [-0.1, -0.05) is 17.7 Å². The molecule has 0 aliphatic heterocycles. The Morgan fingerprint density at radius 2 is 1.97 bits per heavy atom. The van der Waals surface area contributed by atoms with Gasteiger partial charge in [-0.3, -0.25) is 9.89 Å². The summed E-state index contributed by atoms with van der Waals surface area (Å²) >= 11 is 5.94. The van der Waals surface area contributed by atoms with E-state index in [0.717, 1.165) is 37.6 Å². The largest absolute Gasteiger partial charge is 0.365 e. The third kappa shape index (κ3) is 4.50. The fourth-order valence-electron chi connectivity index (χ4n) is 4.36. The zero-order chi connectivity index (χ0) is 23.8. The molecule has 7 nitrogen and oxygen atoms in total. The maximum absolute atomic E-state index is 14.6. The van der Waals surface area contributed by atoms with Crippen molar-refractivity contribution in [1.29, 1.82) is 0 Å². The summed E-state index contributed by atoms with van der Waals surface area (Å²) in [6.07, 6.45) is 7.85. The number of H-pyrrole nitrogens is 1. The number of carbonyl (C=O) groups excluding carboxylic acids is 1. The van der Waals surface area contributed by atoms with Gasteiger partial charge in [-0.2, -0.15) is 5.10 Å². The lowest BCUT2D eigenvalue weighted by atomic mass is 9.90. The van der Waals surface area contributed by atoms with Gasteiger partial charge in [0.2, 0.25) is 0 Å². The Bertz CT molecular complexity index is 1340. The highest BCUT2D eigenvalue weighted by Crippen LogP contribution is 2.30. The minimum atomic E-state index is -0.914. The van der Waals surface area contributed by atoms with Gasteiger partial charge in [-0.25, -0.2) is 23.1 Å². The van der Waals surface area contributed by atoms with E-state index in [0.29, 0.717) is 23.4 Å². The first kappa shape index (κ1) is 22.4. The SMILES string of the molecule is O=C(N[C@@H]1CCC[C@H](Nc2nc(-c3[nH]nc4ncc(F)cc34)c(F)cc2F)C1)C1=CCC(Cl)=C1. The van der Waals surface area contributed by atoms with E-state index in [1.165, 1.54) is 0 Å². The van der Waals surface area contributed by atoms with Crippen LogP contribution in [-0.2, 0) is 4.79 Å². The van der Waals surface area contributed by atoms with Crippen LogP contribution in [0.2, 0.25) is 0 Å². The summed E-state index contributed by atoms with van der Waals surface area (Å²) in [5.41, 5.74) is 0.633. The van der Waals surface area contributed by atoms with E-state index in [2.05, 4.69) is 30.8 Å². The Morgan fingerprint density at radius 1 is 1.15 bits per heavy atom. The Kier molecular flexibility index (Phi) is 5.99. The third-order valence-electron chi connectivity index (χ3n) is 5.98. The number of carbonyl (C=O) groups is 1. The number of aromatic amines is 1. The first-order valence-corrected chi connectivity index (χ1v) is 11.2. The average Bonchev–Trinajstić information content (AvgIpc) is 3.42. The molecule has 5 rings (SSSR count). The predicted octanol–water partition coefficient (Wildman–Crippen LogP) is 4.73. The number of halogens is 4. The van der Waals surface area contributed by atoms with Crippen LogP contribution in [0.1, 0.15) is 32.1 Å². The van der Waals surface area contributed by atoms with Gasteiger partial charge in [0.15, 0.2) is 23.1 Å². The summed E-state index contributed by atoms with van der Waals surface area (Å²) in [5.74, 6) is -2.70. The zero-order valence-corrected chi connectivity index (χ0v) is 18.6. The number of fused-ring (bicyclic) bond motifs is 1. The smallest absolute Gasteiger partial charge is 0.251 e. The number of rotatable bonds is 5. The van der Waals surface area contributed by atoms with Crippen molar-refractivity contribution in [2.24, 2.45) is 0 Å². The minimum absolute atomic E-state index is 0.105. The maximum atomic E-state index is 14.6. The number of pyridine rings is 2. The Balaban J connectivity index is 1.34. The van der Waals surface area contributed by atoms with Gasteiger partial charge in [0, 0.05) is 35.2 Å². The molecule has 1 saturated carbocycles. The molecule has 0 bridgehead atoms. The van der Waals surface area contributed by atoms with E-state index < -0.39 is 17.5 Å². The van der Waals surface area contributed by atoms with Gasteiger partial charge in [0.05, 0.1) is 17.3 Å². The van der Waals surface area contributed by atoms with Crippen molar-refractivity contribution < 1.29 is 18.0 Å². The lowest BCUT2D eigenvalue weighted by molar-refractivity contribution is -0.118. The topological polar surface area (TPSA) is 95.6 Å². The molecule has 0 saturated heterocycles. The number of anilines is 1. The molecule has 3 aromatic rings. The van der Waals surface area contributed by atoms with Crippen molar-refractivity contribution >= 4 is 34.4 Å². The van der Waals surface area contributed by atoms with Crippen LogP contribution in [0, 0.1) is 17.5 Å². The van der Waals surface area contributed by atoms with Crippen LogP contribution in [0.15, 0.2) is 41.1 Å². The van der Waals surface area contributed by atoms with Gasteiger partial charge in [-0.05, 0) is 37.8 Å². The van der Waals surface area contributed by atoms with Gasteiger partial charge >= 0.3 is 0 Å². The molecular weight excluding hydrogens is 469 g/mol. The molecule has 0 aromatic carbocycles. The minimum Gasteiger partial charge on any atom is -0.365 e. The summed E-state index contributed by atoms with van der Waals surface area (Å²) in [7, 11) is 0. The van der Waals surface area contributed by atoms with Crippen LogP contribution in [0.3, 0.4) is 0 Å². The average molecular weight is 489 g/mol. The molecule has 2 aliphatic carbocycles. The molecule has 2 atom stereocenters. The third-order valence-corrected chi connectivity index (χ3v) is 6.25. The monoisotopic (exact) mass is 488 g/mol. The summed E-state index contributed by atoms with van der Waals surface area (Å²) in [6, 6.07) is 1.60. The highest BCUT2D eigenvalue weighted by Gasteiger charge is 2.26. The summed E-state index contributed by atoms with van der Waals surface area (Å²) in [5, 5.41) is 13.4. The van der Waals surface area contributed by atoms with E-state index >= 15 is 0 Å². The molecule has 3 N–H and O–H groups in total. The standard InChI is InChI=1S/C23H20ClF3N6O/c24-12-5-4-11(6-12)23(34)30-15-3-1-2-14(8-15)29-22-18(27)9-17(26)20(31-22)19-16-7-13(25)10-28-21(16)33-32-19/h4,6-7,9-10,14-15H,1-3,5,8H2,(H,29,31)(H,30,34)(H,28,32,33)/t14-,15+/m0/s1. The summed E-state index contributed by atoms with van der Waals surface area (Å²) in [4.78, 5) is 20.5. The zero-order valence-electron chi connectivity index (χ0n) is 17.8. The molecule has 3 aromatic heterocycles. The molecule has 11 heteroatoms. The lowest BCUT2D eigenvalue weighted by Crippen LogP contribution is -2.42. The van der Waals surface area contributed by atoms with Gasteiger partial charge in [0.1, 0.15) is 11.5 Å². The molecule has 3 heterocycles. The maximum Gasteiger partial charge on any atom is 0.251 e. The number of aromatic nitrogens is 4. The molecule has 0 radical (unpaired) electrons. The predicted molar refractivity (Wildman–Crippen MR) is 121 cm³/mol. The number of hydrogen-bond donors (Lipinski definition) is 3. The van der Waals surface area contributed by atoms with E-state index in [4.69, 9.17) is 11.6 Å². The second-order valence-corrected chi connectivity index (χ2v) is 8.89. The van der Waals surface area contributed by atoms with Crippen LogP contribution in [-0.4, -0.2) is 38.2 Å². The Labute approximate surface area is 197 Å². The molecule has 0 unspecified atom stereocenters. The summed E-state index contributed by atoms with van der Waals surface area (Å²) < 4.78 is 42.9. The van der Waals surface area contributed by atoms with Crippen LogP contribution < -0.4 is 10.6 Å². The number of nitrogens with one attached hydrogen (secondary N) is 3. The number of allylic oxidation sites excluding steroid dienone is 2. The van der Waals surface area contributed by atoms with Crippen LogP contribution in [0.4, 0.5) is 19.0 Å². The van der Waals surface area contributed by atoms with Gasteiger partial charge in [-0.15, -0.1) is 0 Å². The quantitative estimate of drug-likeness (QED) is 0.482. The molecule has 176 valence electrons. The normalized spacial score (nSPS) is 20.2. The van der Waals surface area contributed by atoms with Crippen LogP contribution in [0.25, 0.3) is 22.4 Å². The van der Waals surface area contributed by atoms with E-state index in [1.54, 1.807) is 12.2 Å². The van der Waals surface area contributed by atoms with Crippen molar-refractivity contribution in [1.82, 2.24) is 25.5 Å². The molecule has 1 fully saturated rings. The fourth-order valence-corrected chi connectivity index (χ4v) is 4.56. The van der Waals surface area contributed by atoms with E-state index in [9.17, 15) is 18.0 Å². The first-order chi connectivity index (χ1) is 16.4. The molecule has 34 heavy (non-hydrogen) atoms. The Hall–Kier alpha value is -3.40. The van der Waals surface area contributed by atoms with Gasteiger partial charge < -0.3 is 10.6 Å². The van der Waals surface area contributed by atoms with E-state index in [-0.39, 0.29) is 46.2 Å². The van der Waals surface area contributed by atoms with Crippen molar-refractivity contribution in [2.75, 3.05) is 5.32 Å². The van der Waals surface area contributed by atoms with Crippen molar-refractivity contribution in [3.63, 3.8) is 0 Å². The van der Waals surface area contributed by atoms with Crippen LogP contribution in [0.5, 0.6) is 0 Å². The number of amides is 1. The molecular formula is C23H20ClF3N6O. The van der Waals surface area contributed by atoms with Crippen molar-refractivity contribution in [3.05, 3.63) is 58.5 Å². The second-order valence-electron chi connectivity index (χ2n) is 8.41. The fraction of sp³-hybridized carbons (Fsp3) is 0.304. The number of nitrogens with zero attached hydrogens (tertiary/aromatic N) is 3. The number of hydrogen-bond acceptors (Lipinski definition) is 5. The van der Waals surface area contributed by atoms with Gasteiger partial charge in [0.25, 0.3) is 5.91 Å². The Morgan fingerprint density at radius 3 is 2.76 bits per heavy atom. The second kappa shape index (κ2) is 9.09. The summed E-state index contributed by atoms with van der Waals surface area (Å²) in [6.45, 7) is 0. The van der Waals surface area contributed by atoms with Crippen LogP contribution >= 0.6 is 11.6 Å². The molecule has 1 amide bonds. The van der Waals surface area contributed by atoms with E-state index in [1.807, 2.05) is 0 Å². The highest BCUT2D eigenvalue weighted by atomic mass is 35.5. The highest BCUT2D eigenvalue weighted by molar-refractivity contribution is 6.30. The lowest BCUT2D eigenvalue weighted by Gasteiger charge is -2.31.